The second-order valence-corrected chi connectivity index (χ2v) is 5.29. The lowest BCUT2D eigenvalue weighted by atomic mass is 9.90. The molecule has 0 amide bonds. The van der Waals surface area contributed by atoms with Crippen molar-refractivity contribution in [2.45, 2.75) is 44.2 Å². The lowest BCUT2D eigenvalue weighted by Gasteiger charge is -2.31. The van der Waals surface area contributed by atoms with Crippen molar-refractivity contribution < 1.29 is 14.6 Å². The number of phenolic OH excluding ortho intramolecular Hbond substituents is 1. The predicted molar refractivity (Wildman–Crippen MR) is 72.9 cm³/mol. The van der Waals surface area contributed by atoms with Crippen LogP contribution in [-0.2, 0) is 15.1 Å². The molecule has 1 saturated carbocycles. The molecule has 1 atom stereocenters. The molecule has 19 heavy (non-hydrogen) atoms. The number of carbonyl (C=O) groups is 1. The monoisotopic (exact) mass is 263 g/mol. The Kier molecular flexibility index (Phi) is 4.10. The Morgan fingerprint density at radius 2 is 2.11 bits per heavy atom. The highest BCUT2D eigenvalue weighted by atomic mass is 16.5. The van der Waals surface area contributed by atoms with E-state index in [1.807, 2.05) is 13.0 Å². The third kappa shape index (κ3) is 2.89. The molecular formula is C15H21NO3. The van der Waals surface area contributed by atoms with Crippen molar-refractivity contribution in [1.82, 2.24) is 5.32 Å². The fourth-order valence-electron chi connectivity index (χ4n) is 2.76. The highest BCUT2D eigenvalue weighted by Crippen LogP contribution is 2.29. The molecule has 1 aromatic rings. The zero-order chi connectivity index (χ0) is 13.9. The van der Waals surface area contributed by atoms with Gasteiger partial charge < -0.3 is 9.84 Å². The summed E-state index contributed by atoms with van der Waals surface area (Å²) >= 11 is 0. The number of carbonyl (C=O) groups excluding carboxylic acids is 1. The zero-order valence-corrected chi connectivity index (χ0v) is 11.5. The van der Waals surface area contributed by atoms with Gasteiger partial charge in [0.25, 0.3) is 0 Å². The summed E-state index contributed by atoms with van der Waals surface area (Å²) < 4.78 is 4.94. The molecule has 1 unspecified atom stereocenters. The fraction of sp³-hybridized carbons (Fsp3) is 0.533. The normalized spacial score (nSPS) is 19.1. The Hall–Kier alpha value is -1.55. The quantitative estimate of drug-likeness (QED) is 0.818. The van der Waals surface area contributed by atoms with Crippen LogP contribution < -0.4 is 5.32 Å². The van der Waals surface area contributed by atoms with Crippen LogP contribution in [0.1, 0.15) is 38.2 Å². The number of aromatic hydroxyl groups is 1. The van der Waals surface area contributed by atoms with Gasteiger partial charge in [-0.1, -0.05) is 25.0 Å². The molecule has 0 radical (unpaired) electrons. The van der Waals surface area contributed by atoms with Gasteiger partial charge in [-0.3, -0.25) is 5.32 Å². The standard InChI is InChI=1S/C15H21NO3/c1-15(14(18)19-2,16-12-7-3-4-8-12)11-6-5-9-13(17)10-11/h5-6,9-10,12,16-17H,3-4,7-8H2,1-2H3. The summed E-state index contributed by atoms with van der Waals surface area (Å²) in [5.74, 6) is -0.175. The molecule has 4 nitrogen and oxygen atoms in total. The maximum atomic E-state index is 12.2. The van der Waals surface area contributed by atoms with E-state index in [-0.39, 0.29) is 11.7 Å². The van der Waals surface area contributed by atoms with Crippen LogP contribution in [0, 0.1) is 0 Å². The minimum absolute atomic E-state index is 0.154. The Balaban J connectivity index is 2.30. The van der Waals surface area contributed by atoms with Crippen LogP contribution in [0.5, 0.6) is 5.75 Å². The third-order valence-corrected chi connectivity index (χ3v) is 3.87. The average Bonchev–Trinajstić information content (AvgIpc) is 2.90. The van der Waals surface area contributed by atoms with E-state index in [4.69, 9.17) is 4.74 Å². The van der Waals surface area contributed by atoms with Gasteiger partial charge in [-0.15, -0.1) is 0 Å². The largest absolute Gasteiger partial charge is 0.508 e. The number of hydrogen-bond donors (Lipinski definition) is 2. The van der Waals surface area contributed by atoms with Gasteiger partial charge in [0.1, 0.15) is 11.3 Å². The highest BCUT2D eigenvalue weighted by molar-refractivity contribution is 5.82. The Morgan fingerprint density at radius 3 is 2.68 bits per heavy atom. The average molecular weight is 263 g/mol. The van der Waals surface area contributed by atoms with Crippen molar-refractivity contribution in [3.63, 3.8) is 0 Å². The smallest absolute Gasteiger partial charge is 0.330 e. The minimum Gasteiger partial charge on any atom is -0.508 e. The van der Waals surface area contributed by atoms with Crippen LogP contribution in [0.25, 0.3) is 0 Å². The molecule has 1 fully saturated rings. The van der Waals surface area contributed by atoms with Gasteiger partial charge in [-0.2, -0.15) is 0 Å². The number of benzene rings is 1. The fourth-order valence-corrected chi connectivity index (χ4v) is 2.76. The first kappa shape index (κ1) is 13.9. The van der Waals surface area contributed by atoms with Gasteiger partial charge in [0, 0.05) is 6.04 Å². The van der Waals surface area contributed by atoms with Crippen molar-refractivity contribution >= 4 is 5.97 Å². The summed E-state index contributed by atoms with van der Waals surface area (Å²) in [6.07, 6.45) is 4.53. The van der Waals surface area contributed by atoms with Gasteiger partial charge in [-0.25, -0.2) is 4.79 Å². The first-order valence-electron chi connectivity index (χ1n) is 6.72. The maximum Gasteiger partial charge on any atom is 0.330 e. The highest BCUT2D eigenvalue weighted by Gasteiger charge is 2.38. The van der Waals surface area contributed by atoms with Crippen molar-refractivity contribution in [2.75, 3.05) is 7.11 Å². The number of methoxy groups -OCH3 is 1. The maximum absolute atomic E-state index is 12.2. The summed E-state index contributed by atoms with van der Waals surface area (Å²) in [4.78, 5) is 12.2. The number of esters is 1. The van der Waals surface area contributed by atoms with E-state index in [1.165, 1.54) is 20.0 Å². The van der Waals surface area contributed by atoms with Gasteiger partial charge in [-0.05, 0) is 37.5 Å². The first-order chi connectivity index (χ1) is 9.06. The SMILES string of the molecule is COC(=O)C(C)(NC1CCCC1)c1cccc(O)c1. The van der Waals surface area contributed by atoms with E-state index < -0.39 is 5.54 Å². The summed E-state index contributed by atoms with van der Waals surface area (Å²) in [5.41, 5.74) is -0.186. The van der Waals surface area contributed by atoms with Crippen LogP contribution >= 0.6 is 0 Å². The molecule has 1 aromatic carbocycles. The molecule has 1 aliphatic carbocycles. The number of phenols is 1. The molecule has 0 saturated heterocycles. The topological polar surface area (TPSA) is 58.6 Å². The summed E-state index contributed by atoms with van der Waals surface area (Å²) in [5, 5.41) is 13.0. The van der Waals surface area contributed by atoms with Crippen molar-refractivity contribution in [1.29, 1.82) is 0 Å². The van der Waals surface area contributed by atoms with Crippen molar-refractivity contribution in [2.24, 2.45) is 0 Å². The van der Waals surface area contributed by atoms with E-state index in [2.05, 4.69) is 5.32 Å². The number of ether oxygens (including phenoxy) is 1. The Labute approximate surface area is 113 Å². The molecule has 0 aromatic heterocycles. The van der Waals surface area contributed by atoms with E-state index in [0.717, 1.165) is 18.4 Å². The predicted octanol–water partition coefficient (Wildman–Crippen LogP) is 2.31. The van der Waals surface area contributed by atoms with Gasteiger partial charge in [0.2, 0.25) is 0 Å². The number of hydrogen-bond acceptors (Lipinski definition) is 4. The lowest BCUT2D eigenvalue weighted by molar-refractivity contribution is -0.148. The van der Waals surface area contributed by atoms with E-state index in [9.17, 15) is 9.90 Å². The van der Waals surface area contributed by atoms with E-state index >= 15 is 0 Å². The molecule has 0 heterocycles. The van der Waals surface area contributed by atoms with E-state index in [0.29, 0.717) is 6.04 Å². The van der Waals surface area contributed by atoms with Crippen LogP contribution in [0.2, 0.25) is 0 Å². The van der Waals surface area contributed by atoms with Crippen LogP contribution in [0.15, 0.2) is 24.3 Å². The molecule has 2 rings (SSSR count). The van der Waals surface area contributed by atoms with Crippen molar-refractivity contribution in [3.8, 4) is 5.75 Å². The third-order valence-electron chi connectivity index (χ3n) is 3.87. The Bertz CT molecular complexity index is 454. The summed E-state index contributed by atoms with van der Waals surface area (Å²) in [6, 6.07) is 7.10. The summed E-state index contributed by atoms with van der Waals surface area (Å²) in [6.45, 7) is 1.81. The van der Waals surface area contributed by atoms with Crippen LogP contribution in [0.3, 0.4) is 0 Å². The minimum atomic E-state index is -0.914. The molecular weight excluding hydrogens is 242 g/mol. The van der Waals surface area contributed by atoms with Gasteiger partial charge in [0.05, 0.1) is 7.11 Å². The first-order valence-corrected chi connectivity index (χ1v) is 6.72. The second-order valence-electron chi connectivity index (χ2n) is 5.29. The number of rotatable bonds is 4. The van der Waals surface area contributed by atoms with Crippen LogP contribution in [0.4, 0.5) is 0 Å². The second kappa shape index (κ2) is 5.61. The van der Waals surface area contributed by atoms with E-state index in [1.54, 1.807) is 18.2 Å². The molecule has 0 bridgehead atoms. The molecule has 1 aliphatic rings. The van der Waals surface area contributed by atoms with Gasteiger partial charge in [0.15, 0.2) is 0 Å². The van der Waals surface area contributed by atoms with Gasteiger partial charge >= 0.3 is 5.97 Å². The lowest BCUT2D eigenvalue weighted by Crippen LogP contribution is -2.51. The molecule has 4 heteroatoms. The number of nitrogens with one attached hydrogen (secondary N) is 1. The van der Waals surface area contributed by atoms with Crippen molar-refractivity contribution in [3.05, 3.63) is 29.8 Å². The molecule has 0 aliphatic heterocycles. The zero-order valence-electron chi connectivity index (χ0n) is 11.5. The Morgan fingerprint density at radius 1 is 1.42 bits per heavy atom. The summed E-state index contributed by atoms with van der Waals surface area (Å²) in [7, 11) is 1.39. The molecule has 104 valence electrons. The molecule has 2 N–H and O–H groups in total. The molecule has 0 spiro atoms. The van der Waals surface area contributed by atoms with Crippen LogP contribution in [-0.4, -0.2) is 24.2 Å².